The fraction of sp³-hybridized carbons (Fsp3) is 0.435. The van der Waals surface area contributed by atoms with E-state index in [-0.39, 0.29) is 19.3 Å². The van der Waals surface area contributed by atoms with E-state index < -0.39 is 59.9 Å². The van der Waals surface area contributed by atoms with E-state index in [1.807, 2.05) is 24.3 Å². The lowest BCUT2D eigenvalue weighted by Gasteiger charge is -2.26. The lowest BCUT2D eigenvalue weighted by Crippen LogP contribution is -2.60. The van der Waals surface area contributed by atoms with Gasteiger partial charge in [-0.15, -0.1) is 0 Å². The molecule has 0 aliphatic rings. The van der Waals surface area contributed by atoms with E-state index in [1.54, 1.807) is 6.20 Å². The van der Waals surface area contributed by atoms with Crippen molar-refractivity contribution in [3.05, 3.63) is 36.0 Å². The number of carboxylic acids is 1. The van der Waals surface area contributed by atoms with Gasteiger partial charge in [-0.2, -0.15) is 0 Å². The van der Waals surface area contributed by atoms with Crippen LogP contribution in [0.4, 0.5) is 0 Å². The number of hydrogen-bond acceptors (Lipinski definition) is 7. The van der Waals surface area contributed by atoms with Crippen LogP contribution in [0.25, 0.3) is 10.9 Å². The van der Waals surface area contributed by atoms with Crippen LogP contribution in [-0.2, 0) is 30.4 Å². The van der Waals surface area contributed by atoms with Gasteiger partial charge in [-0.25, -0.2) is 4.79 Å². The number of aliphatic hydroxyl groups is 1. The summed E-state index contributed by atoms with van der Waals surface area (Å²) >= 11 is 0. The summed E-state index contributed by atoms with van der Waals surface area (Å²) in [6, 6.07) is 2.24. The molecular formula is C23H32N6O7. The van der Waals surface area contributed by atoms with Crippen LogP contribution >= 0.6 is 0 Å². The highest BCUT2D eigenvalue weighted by molar-refractivity contribution is 5.95. The molecule has 10 N–H and O–H groups in total. The number of H-pyrrole nitrogens is 1. The van der Waals surface area contributed by atoms with Crippen LogP contribution in [0.15, 0.2) is 30.5 Å². The number of nitrogens with two attached hydrogens (primary N) is 2. The Morgan fingerprint density at radius 3 is 2.19 bits per heavy atom. The summed E-state index contributed by atoms with van der Waals surface area (Å²) < 4.78 is 0. The molecule has 0 fully saturated rings. The van der Waals surface area contributed by atoms with E-state index in [0.717, 1.165) is 10.9 Å². The second-order valence-electron chi connectivity index (χ2n) is 8.54. The van der Waals surface area contributed by atoms with Crippen molar-refractivity contribution in [3.8, 4) is 0 Å². The summed E-state index contributed by atoms with van der Waals surface area (Å²) in [5.41, 5.74) is 12.2. The molecular weight excluding hydrogens is 472 g/mol. The van der Waals surface area contributed by atoms with Gasteiger partial charge in [-0.05, 0) is 31.9 Å². The van der Waals surface area contributed by atoms with Crippen LogP contribution in [0.3, 0.4) is 0 Å². The molecule has 5 atom stereocenters. The standard InChI is InChI=1S/C23H32N6O7/c1-11(24)20(32)28-17(9-13-10-26-15-6-4-3-5-14(13)15)21(33)29-19(12(2)30)22(34)27-16(23(35)36)7-8-18(25)31/h3-6,10-12,16-17,19,26,30H,7-9,24H2,1-2H3,(H2,25,31)(H,27,34)(H,28,32)(H,29,33)(H,35,36). The average Bonchev–Trinajstić information content (AvgIpc) is 3.21. The number of amides is 4. The van der Waals surface area contributed by atoms with E-state index >= 15 is 0 Å². The number of aromatic amines is 1. The van der Waals surface area contributed by atoms with Gasteiger partial charge >= 0.3 is 5.97 Å². The number of benzene rings is 1. The topological polar surface area (TPSA) is 230 Å². The zero-order valence-corrected chi connectivity index (χ0v) is 20.0. The Kier molecular flexibility index (Phi) is 9.93. The van der Waals surface area contributed by atoms with Crippen LogP contribution in [0.5, 0.6) is 0 Å². The highest BCUT2D eigenvalue weighted by atomic mass is 16.4. The Hall–Kier alpha value is -3.97. The predicted octanol–water partition coefficient (Wildman–Crippen LogP) is -1.76. The maximum Gasteiger partial charge on any atom is 0.326 e. The summed E-state index contributed by atoms with van der Waals surface area (Å²) in [6.45, 7) is 2.68. The molecule has 1 aromatic carbocycles. The van der Waals surface area contributed by atoms with Crippen molar-refractivity contribution in [3.63, 3.8) is 0 Å². The smallest absolute Gasteiger partial charge is 0.326 e. The minimum Gasteiger partial charge on any atom is -0.480 e. The SMILES string of the molecule is CC(N)C(=O)NC(Cc1c[nH]c2ccccc12)C(=O)NC(C(=O)NC(CCC(N)=O)C(=O)O)C(C)O. The van der Waals surface area contributed by atoms with Gasteiger partial charge in [0.2, 0.25) is 23.6 Å². The maximum absolute atomic E-state index is 13.2. The van der Waals surface area contributed by atoms with Gasteiger partial charge in [0.15, 0.2) is 0 Å². The normalized spacial score (nSPS) is 15.2. The van der Waals surface area contributed by atoms with Crippen molar-refractivity contribution in [2.45, 2.75) is 63.4 Å². The number of nitrogens with one attached hydrogen (secondary N) is 4. The molecule has 1 heterocycles. The molecule has 2 rings (SSSR count). The number of hydrogen-bond donors (Lipinski definition) is 8. The molecule has 0 spiro atoms. The van der Waals surface area contributed by atoms with E-state index in [4.69, 9.17) is 11.5 Å². The number of carbonyl (C=O) groups excluding carboxylic acids is 4. The zero-order chi connectivity index (χ0) is 27.0. The molecule has 0 radical (unpaired) electrons. The third-order valence-electron chi connectivity index (χ3n) is 5.50. The van der Waals surface area contributed by atoms with E-state index in [0.29, 0.717) is 5.56 Å². The predicted molar refractivity (Wildman–Crippen MR) is 129 cm³/mol. The molecule has 0 saturated heterocycles. The highest BCUT2D eigenvalue weighted by Crippen LogP contribution is 2.19. The largest absolute Gasteiger partial charge is 0.480 e. The average molecular weight is 505 g/mol. The van der Waals surface area contributed by atoms with Crippen molar-refractivity contribution < 1.29 is 34.2 Å². The van der Waals surface area contributed by atoms with Crippen LogP contribution < -0.4 is 27.4 Å². The van der Waals surface area contributed by atoms with Gasteiger partial charge in [0, 0.05) is 29.9 Å². The number of aromatic nitrogens is 1. The van der Waals surface area contributed by atoms with E-state index in [1.165, 1.54) is 13.8 Å². The lowest BCUT2D eigenvalue weighted by molar-refractivity contribution is -0.143. The van der Waals surface area contributed by atoms with Gasteiger partial charge in [0.05, 0.1) is 12.1 Å². The molecule has 0 aliphatic carbocycles. The fourth-order valence-electron chi connectivity index (χ4n) is 3.50. The third kappa shape index (κ3) is 7.78. The highest BCUT2D eigenvalue weighted by Gasteiger charge is 2.33. The summed E-state index contributed by atoms with van der Waals surface area (Å²) in [7, 11) is 0. The Morgan fingerprint density at radius 1 is 0.972 bits per heavy atom. The molecule has 5 unspecified atom stereocenters. The molecule has 13 heteroatoms. The maximum atomic E-state index is 13.2. The number of para-hydroxylation sites is 1. The van der Waals surface area contributed by atoms with Crippen LogP contribution in [-0.4, -0.2) is 75.1 Å². The Balaban J connectivity index is 2.23. The fourth-order valence-corrected chi connectivity index (χ4v) is 3.50. The van der Waals surface area contributed by atoms with Gasteiger partial charge in [-0.1, -0.05) is 18.2 Å². The molecule has 36 heavy (non-hydrogen) atoms. The van der Waals surface area contributed by atoms with Crippen LogP contribution in [0, 0.1) is 0 Å². The second-order valence-corrected chi connectivity index (χ2v) is 8.54. The molecule has 13 nitrogen and oxygen atoms in total. The van der Waals surface area contributed by atoms with E-state index in [2.05, 4.69) is 20.9 Å². The lowest BCUT2D eigenvalue weighted by atomic mass is 10.0. The number of primary amides is 1. The molecule has 196 valence electrons. The summed E-state index contributed by atoms with van der Waals surface area (Å²) in [4.78, 5) is 63.7. The molecule has 0 saturated carbocycles. The van der Waals surface area contributed by atoms with Gasteiger partial charge in [-0.3, -0.25) is 19.2 Å². The first-order valence-electron chi connectivity index (χ1n) is 11.3. The molecule has 1 aromatic heterocycles. The first-order chi connectivity index (χ1) is 16.9. The Labute approximate surface area is 207 Å². The number of aliphatic hydroxyl groups excluding tert-OH is 1. The number of carbonyl (C=O) groups is 5. The summed E-state index contributed by atoms with van der Waals surface area (Å²) in [6.07, 6.45) is -0.252. The number of fused-ring (bicyclic) bond motifs is 1. The third-order valence-corrected chi connectivity index (χ3v) is 5.50. The summed E-state index contributed by atoms with van der Waals surface area (Å²) in [5, 5.41) is 27.4. The van der Waals surface area contributed by atoms with Gasteiger partial charge < -0.3 is 42.6 Å². The van der Waals surface area contributed by atoms with Crippen molar-refractivity contribution in [2.75, 3.05) is 0 Å². The van der Waals surface area contributed by atoms with Gasteiger partial charge in [0.1, 0.15) is 18.1 Å². The Morgan fingerprint density at radius 2 is 1.61 bits per heavy atom. The van der Waals surface area contributed by atoms with Crippen molar-refractivity contribution in [2.24, 2.45) is 11.5 Å². The molecule has 4 amide bonds. The van der Waals surface area contributed by atoms with Crippen molar-refractivity contribution >= 4 is 40.5 Å². The Bertz CT molecular complexity index is 1110. The second kappa shape index (κ2) is 12.7. The minimum atomic E-state index is -1.55. The first kappa shape index (κ1) is 28.3. The first-order valence-corrected chi connectivity index (χ1v) is 11.3. The van der Waals surface area contributed by atoms with Crippen molar-refractivity contribution in [1.82, 2.24) is 20.9 Å². The number of rotatable bonds is 13. The van der Waals surface area contributed by atoms with Crippen LogP contribution in [0.2, 0.25) is 0 Å². The number of carboxylic acid groups (broad SMARTS) is 1. The molecule has 0 aliphatic heterocycles. The van der Waals surface area contributed by atoms with Crippen LogP contribution in [0.1, 0.15) is 32.3 Å². The molecule has 2 aromatic rings. The van der Waals surface area contributed by atoms with Gasteiger partial charge in [0.25, 0.3) is 0 Å². The monoisotopic (exact) mass is 504 g/mol. The van der Waals surface area contributed by atoms with E-state index in [9.17, 15) is 34.2 Å². The quantitative estimate of drug-likeness (QED) is 0.155. The zero-order valence-electron chi connectivity index (χ0n) is 20.0. The van der Waals surface area contributed by atoms with Crippen molar-refractivity contribution in [1.29, 1.82) is 0 Å². The summed E-state index contributed by atoms with van der Waals surface area (Å²) in [5.74, 6) is -4.55. The molecule has 0 bridgehead atoms. The number of aliphatic carboxylic acids is 1. The minimum absolute atomic E-state index is 0.0405.